The first-order valence-electron chi connectivity index (χ1n) is 6.62. The van der Waals surface area contributed by atoms with E-state index in [-0.39, 0.29) is 17.2 Å². The molecule has 1 amide bonds. The number of benzene rings is 1. The number of nitrogens with one attached hydrogen (secondary N) is 1. The number of amides is 1. The van der Waals surface area contributed by atoms with Gasteiger partial charge in [0.05, 0.1) is 25.5 Å². The summed E-state index contributed by atoms with van der Waals surface area (Å²) in [5.74, 6) is -1.47. The van der Waals surface area contributed by atoms with Crippen LogP contribution in [0.5, 0.6) is 0 Å². The van der Waals surface area contributed by atoms with Crippen molar-refractivity contribution in [2.75, 3.05) is 5.32 Å². The van der Waals surface area contributed by atoms with E-state index in [1.54, 1.807) is 41.1 Å². The normalized spacial score (nSPS) is 10.6. The lowest BCUT2D eigenvalue weighted by Crippen LogP contribution is -2.12. The molecule has 0 bridgehead atoms. The average molecular weight is 398 g/mol. The van der Waals surface area contributed by atoms with E-state index in [0.29, 0.717) is 25.4 Å². The highest BCUT2D eigenvalue weighted by Gasteiger charge is 2.22. The maximum absolute atomic E-state index is 12.2. The van der Waals surface area contributed by atoms with Gasteiger partial charge < -0.3 is 10.4 Å². The smallest absolute Gasteiger partial charge is 0.339 e. The summed E-state index contributed by atoms with van der Waals surface area (Å²) < 4.78 is 0. The van der Waals surface area contributed by atoms with E-state index < -0.39 is 5.97 Å². The van der Waals surface area contributed by atoms with Crippen LogP contribution in [-0.4, -0.2) is 17.0 Å². The van der Waals surface area contributed by atoms with Crippen LogP contribution in [-0.2, 0) is 0 Å². The Hall–Kier alpha value is -1.86. The van der Waals surface area contributed by atoms with E-state index in [4.69, 9.17) is 23.2 Å². The van der Waals surface area contributed by atoms with Crippen LogP contribution in [0, 0.1) is 0 Å². The molecule has 122 valence electrons. The van der Waals surface area contributed by atoms with Crippen LogP contribution in [0.3, 0.4) is 0 Å². The Morgan fingerprint density at radius 2 is 1.88 bits per heavy atom. The zero-order valence-corrected chi connectivity index (χ0v) is 15.0. The molecule has 3 rings (SSSR count). The summed E-state index contributed by atoms with van der Waals surface area (Å²) in [6.07, 6.45) is 0. The maximum atomic E-state index is 12.2. The summed E-state index contributed by atoms with van der Waals surface area (Å²) in [6.45, 7) is 0. The number of rotatable bonds is 4. The Morgan fingerprint density at radius 3 is 2.50 bits per heavy atom. The van der Waals surface area contributed by atoms with Crippen molar-refractivity contribution in [1.82, 2.24) is 0 Å². The first-order chi connectivity index (χ1) is 11.5. The first-order valence-corrected chi connectivity index (χ1v) is 9.14. The van der Waals surface area contributed by atoms with E-state index in [0.717, 1.165) is 0 Å². The fourth-order valence-corrected chi connectivity index (χ4v) is 4.01. The van der Waals surface area contributed by atoms with Crippen molar-refractivity contribution in [2.45, 2.75) is 0 Å². The molecule has 3 aromatic rings. The standard InChI is InChI=1S/C16H9Cl2NO3S2/c17-9-4-3-8(6-10(9)18)14-13(16(21)22)11(7-24-14)19-15(20)12-2-1-5-23-12/h1-7H,(H,19,20)(H,21,22). The molecular weight excluding hydrogens is 389 g/mol. The van der Waals surface area contributed by atoms with Crippen molar-refractivity contribution < 1.29 is 14.7 Å². The fraction of sp³-hybridized carbons (Fsp3) is 0. The van der Waals surface area contributed by atoms with Gasteiger partial charge in [-0.05, 0) is 29.1 Å². The highest BCUT2D eigenvalue weighted by Crippen LogP contribution is 2.38. The van der Waals surface area contributed by atoms with Crippen LogP contribution in [0.25, 0.3) is 10.4 Å². The Bertz CT molecular complexity index is 920. The van der Waals surface area contributed by atoms with E-state index in [1.165, 1.54) is 22.7 Å². The molecule has 0 spiro atoms. The number of carbonyl (C=O) groups is 2. The molecule has 0 saturated heterocycles. The third-order valence-corrected chi connectivity index (χ3v) is 5.82. The van der Waals surface area contributed by atoms with Crippen LogP contribution in [0.4, 0.5) is 5.69 Å². The number of carboxylic acid groups (broad SMARTS) is 1. The quantitative estimate of drug-likeness (QED) is 0.590. The molecule has 0 unspecified atom stereocenters. The molecule has 2 aromatic heterocycles. The number of carboxylic acids is 1. The predicted octanol–water partition coefficient (Wildman–Crippen LogP) is 5.73. The summed E-state index contributed by atoms with van der Waals surface area (Å²) >= 11 is 14.4. The molecule has 2 heterocycles. The Balaban J connectivity index is 2.00. The summed E-state index contributed by atoms with van der Waals surface area (Å²) in [7, 11) is 0. The van der Waals surface area contributed by atoms with Crippen molar-refractivity contribution in [3.8, 4) is 10.4 Å². The van der Waals surface area contributed by atoms with E-state index >= 15 is 0 Å². The second-order valence-electron chi connectivity index (χ2n) is 4.72. The van der Waals surface area contributed by atoms with Crippen molar-refractivity contribution in [1.29, 1.82) is 0 Å². The Morgan fingerprint density at radius 1 is 1.08 bits per heavy atom. The summed E-state index contributed by atoms with van der Waals surface area (Å²) in [5, 5.41) is 16.3. The minimum atomic E-state index is -1.13. The highest BCUT2D eigenvalue weighted by molar-refractivity contribution is 7.14. The van der Waals surface area contributed by atoms with Gasteiger partial charge in [0.15, 0.2) is 0 Å². The fourth-order valence-electron chi connectivity index (χ4n) is 2.10. The van der Waals surface area contributed by atoms with Crippen LogP contribution in [0.2, 0.25) is 10.0 Å². The monoisotopic (exact) mass is 397 g/mol. The van der Waals surface area contributed by atoms with Gasteiger partial charge in [0.1, 0.15) is 5.56 Å². The van der Waals surface area contributed by atoms with Crippen molar-refractivity contribution in [3.05, 3.63) is 61.6 Å². The third kappa shape index (κ3) is 3.32. The van der Waals surface area contributed by atoms with Gasteiger partial charge in [-0.1, -0.05) is 35.3 Å². The SMILES string of the molecule is O=C(Nc1csc(-c2ccc(Cl)c(Cl)c2)c1C(=O)O)c1cccs1. The molecule has 0 radical (unpaired) electrons. The Kier molecular flexibility index (Phi) is 4.91. The van der Waals surface area contributed by atoms with Crippen LogP contribution in [0.1, 0.15) is 20.0 Å². The largest absolute Gasteiger partial charge is 0.478 e. The molecule has 0 saturated carbocycles. The van der Waals surface area contributed by atoms with Crippen molar-refractivity contribution in [2.24, 2.45) is 0 Å². The zero-order valence-electron chi connectivity index (χ0n) is 11.9. The maximum Gasteiger partial charge on any atom is 0.339 e. The van der Waals surface area contributed by atoms with Gasteiger partial charge in [-0.25, -0.2) is 4.79 Å². The van der Waals surface area contributed by atoms with Crippen molar-refractivity contribution >= 4 is 63.4 Å². The molecule has 8 heteroatoms. The van der Waals surface area contributed by atoms with Crippen LogP contribution < -0.4 is 5.32 Å². The van der Waals surface area contributed by atoms with Crippen LogP contribution in [0.15, 0.2) is 41.1 Å². The molecule has 24 heavy (non-hydrogen) atoms. The highest BCUT2D eigenvalue weighted by atomic mass is 35.5. The lowest BCUT2D eigenvalue weighted by atomic mass is 10.1. The van der Waals surface area contributed by atoms with Gasteiger partial charge in [-0.15, -0.1) is 22.7 Å². The second kappa shape index (κ2) is 6.94. The molecule has 0 aliphatic heterocycles. The van der Waals surface area contributed by atoms with Gasteiger partial charge in [-0.3, -0.25) is 4.79 Å². The molecule has 0 aliphatic rings. The third-order valence-electron chi connectivity index (χ3n) is 3.18. The predicted molar refractivity (Wildman–Crippen MR) is 99.0 cm³/mol. The van der Waals surface area contributed by atoms with Gasteiger partial charge in [0, 0.05) is 5.38 Å². The minimum Gasteiger partial charge on any atom is -0.478 e. The van der Waals surface area contributed by atoms with Gasteiger partial charge in [0.2, 0.25) is 0 Å². The number of hydrogen-bond acceptors (Lipinski definition) is 4. The van der Waals surface area contributed by atoms with Gasteiger partial charge in [-0.2, -0.15) is 0 Å². The molecule has 2 N–H and O–H groups in total. The molecule has 0 atom stereocenters. The van der Waals surface area contributed by atoms with Crippen LogP contribution >= 0.6 is 45.9 Å². The molecule has 0 aliphatic carbocycles. The van der Waals surface area contributed by atoms with E-state index in [9.17, 15) is 14.7 Å². The van der Waals surface area contributed by atoms with Gasteiger partial charge >= 0.3 is 5.97 Å². The summed E-state index contributed by atoms with van der Waals surface area (Å²) in [6, 6.07) is 8.33. The topological polar surface area (TPSA) is 66.4 Å². The number of halogens is 2. The Labute approximate surface area is 155 Å². The molecule has 0 fully saturated rings. The minimum absolute atomic E-state index is 0.0308. The lowest BCUT2D eigenvalue weighted by molar-refractivity contribution is 0.0699. The number of hydrogen-bond donors (Lipinski definition) is 2. The number of aromatic carboxylic acids is 1. The molecular formula is C16H9Cl2NO3S2. The van der Waals surface area contributed by atoms with E-state index in [2.05, 4.69) is 5.32 Å². The lowest BCUT2D eigenvalue weighted by Gasteiger charge is -2.06. The molecule has 4 nitrogen and oxygen atoms in total. The second-order valence-corrected chi connectivity index (χ2v) is 7.36. The van der Waals surface area contributed by atoms with Gasteiger partial charge in [0.25, 0.3) is 5.91 Å². The number of carbonyl (C=O) groups excluding carboxylic acids is 1. The van der Waals surface area contributed by atoms with Crippen molar-refractivity contribution in [3.63, 3.8) is 0 Å². The number of anilines is 1. The first kappa shape index (κ1) is 17.0. The average Bonchev–Trinajstić information content (AvgIpc) is 3.19. The summed E-state index contributed by atoms with van der Waals surface area (Å²) in [4.78, 5) is 24.9. The van der Waals surface area contributed by atoms with E-state index in [1.807, 2.05) is 0 Å². The summed E-state index contributed by atoms with van der Waals surface area (Å²) in [5.41, 5.74) is 0.915. The molecule has 1 aromatic carbocycles. The number of thiophene rings is 2. The zero-order chi connectivity index (χ0) is 17.3.